The molecular weight excluding hydrogens is 228 g/mol. The minimum Gasteiger partial charge on any atom is -0.352 e. The van der Waals surface area contributed by atoms with E-state index in [1.807, 2.05) is 19.9 Å². The van der Waals surface area contributed by atoms with Crippen molar-refractivity contribution < 1.29 is 4.79 Å². The van der Waals surface area contributed by atoms with E-state index < -0.39 is 0 Å². The lowest BCUT2D eigenvalue weighted by Gasteiger charge is -2.11. The summed E-state index contributed by atoms with van der Waals surface area (Å²) in [5, 5.41) is 14.4. The number of rotatable bonds is 4. The number of amides is 1. The van der Waals surface area contributed by atoms with Gasteiger partial charge in [-0.2, -0.15) is 10.2 Å². The van der Waals surface area contributed by atoms with Crippen LogP contribution in [-0.4, -0.2) is 35.7 Å². The minimum atomic E-state index is -0.0308. The lowest BCUT2D eigenvalue weighted by Crippen LogP contribution is -2.31. The molecule has 1 aromatic rings. The topological polar surface area (TPSA) is 66.9 Å². The van der Waals surface area contributed by atoms with Crippen LogP contribution in [0.5, 0.6) is 0 Å². The zero-order valence-electron chi connectivity index (χ0n) is 11.0. The van der Waals surface area contributed by atoms with Gasteiger partial charge in [-0.25, -0.2) is 0 Å². The van der Waals surface area contributed by atoms with Crippen molar-refractivity contribution in [3.05, 3.63) is 23.0 Å². The zero-order valence-corrected chi connectivity index (χ0v) is 11.0. The van der Waals surface area contributed by atoms with Crippen molar-refractivity contribution in [1.82, 2.24) is 20.8 Å². The minimum absolute atomic E-state index is 0.0308. The first-order valence-electron chi connectivity index (χ1n) is 6.52. The van der Waals surface area contributed by atoms with E-state index in [0.29, 0.717) is 11.5 Å². The van der Waals surface area contributed by atoms with Gasteiger partial charge >= 0.3 is 0 Å². The fourth-order valence-corrected chi connectivity index (χ4v) is 2.19. The Kier molecular flexibility index (Phi) is 4.25. The summed E-state index contributed by atoms with van der Waals surface area (Å²) in [6.45, 7) is 6.61. The molecule has 1 unspecified atom stereocenters. The summed E-state index contributed by atoms with van der Waals surface area (Å²) < 4.78 is 0. The highest BCUT2D eigenvalue weighted by atomic mass is 16.1. The molecule has 1 atom stereocenters. The van der Waals surface area contributed by atoms with E-state index in [-0.39, 0.29) is 5.91 Å². The van der Waals surface area contributed by atoms with Gasteiger partial charge in [0, 0.05) is 6.54 Å². The van der Waals surface area contributed by atoms with Crippen molar-refractivity contribution in [2.24, 2.45) is 5.92 Å². The molecule has 2 N–H and O–H groups in total. The standard InChI is InChI=1S/C13H20N4O/c1-3-12-11(6-9(2)16-17-12)13(18)15-8-10-4-5-14-7-10/h6,10,14H,3-5,7-8H2,1-2H3,(H,15,18). The third-order valence-electron chi connectivity index (χ3n) is 3.29. The Morgan fingerprint density at radius 3 is 3.06 bits per heavy atom. The first-order chi connectivity index (χ1) is 8.70. The second-order valence-corrected chi connectivity index (χ2v) is 4.77. The second kappa shape index (κ2) is 5.91. The van der Waals surface area contributed by atoms with Gasteiger partial charge in [-0.3, -0.25) is 4.79 Å². The van der Waals surface area contributed by atoms with Crippen LogP contribution in [0, 0.1) is 12.8 Å². The van der Waals surface area contributed by atoms with Crippen molar-refractivity contribution in [2.45, 2.75) is 26.7 Å². The number of carbonyl (C=O) groups excluding carboxylic acids is 1. The fraction of sp³-hybridized carbons (Fsp3) is 0.615. The molecule has 1 aromatic heterocycles. The molecule has 1 saturated heterocycles. The summed E-state index contributed by atoms with van der Waals surface area (Å²) >= 11 is 0. The van der Waals surface area contributed by atoms with Gasteiger partial charge in [0.25, 0.3) is 5.91 Å². The highest BCUT2D eigenvalue weighted by Crippen LogP contribution is 2.09. The molecule has 5 heteroatoms. The van der Waals surface area contributed by atoms with Gasteiger partial charge in [0.15, 0.2) is 0 Å². The Morgan fingerprint density at radius 1 is 1.56 bits per heavy atom. The van der Waals surface area contributed by atoms with E-state index in [1.165, 1.54) is 0 Å². The quantitative estimate of drug-likeness (QED) is 0.822. The van der Waals surface area contributed by atoms with Crippen LogP contribution in [0.15, 0.2) is 6.07 Å². The van der Waals surface area contributed by atoms with Crippen LogP contribution in [0.2, 0.25) is 0 Å². The van der Waals surface area contributed by atoms with Crippen LogP contribution in [0.3, 0.4) is 0 Å². The van der Waals surface area contributed by atoms with Gasteiger partial charge in [-0.15, -0.1) is 0 Å². The molecular formula is C13H20N4O. The number of hydrogen-bond acceptors (Lipinski definition) is 4. The molecule has 0 radical (unpaired) electrons. The molecule has 0 aliphatic carbocycles. The summed E-state index contributed by atoms with van der Waals surface area (Å²) in [4.78, 5) is 12.1. The number of carbonyl (C=O) groups is 1. The summed E-state index contributed by atoms with van der Waals surface area (Å²) in [6.07, 6.45) is 1.86. The van der Waals surface area contributed by atoms with E-state index in [2.05, 4.69) is 20.8 Å². The fourth-order valence-electron chi connectivity index (χ4n) is 2.19. The molecule has 1 aliphatic heterocycles. The van der Waals surface area contributed by atoms with E-state index in [1.54, 1.807) is 0 Å². The molecule has 2 heterocycles. The van der Waals surface area contributed by atoms with Crippen LogP contribution in [0.4, 0.5) is 0 Å². The lowest BCUT2D eigenvalue weighted by atomic mass is 10.1. The van der Waals surface area contributed by atoms with Crippen LogP contribution in [0.1, 0.15) is 35.1 Å². The van der Waals surface area contributed by atoms with Crippen LogP contribution in [0.25, 0.3) is 0 Å². The van der Waals surface area contributed by atoms with E-state index in [4.69, 9.17) is 0 Å². The number of nitrogens with one attached hydrogen (secondary N) is 2. The Labute approximate surface area is 107 Å². The lowest BCUT2D eigenvalue weighted by molar-refractivity contribution is 0.0946. The van der Waals surface area contributed by atoms with Gasteiger partial charge in [-0.05, 0) is 44.8 Å². The second-order valence-electron chi connectivity index (χ2n) is 4.77. The smallest absolute Gasteiger partial charge is 0.253 e. The molecule has 1 fully saturated rings. The first kappa shape index (κ1) is 13.0. The Hall–Kier alpha value is -1.49. The van der Waals surface area contributed by atoms with Crippen molar-refractivity contribution in [3.8, 4) is 0 Å². The predicted molar refractivity (Wildman–Crippen MR) is 69.5 cm³/mol. The maximum Gasteiger partial charge on any atom is 0.253 e. The van der Waals surface area contributed by atoms with E-state index in [0.717, 1.165) is 43.9 Å². The SMILES string of the molecule is CCc1nnc(C)cc1C(=O)NCC1CCNC1. The van der Waals surface area contributed by atoms with Crippen molar-refractivity contribution in [2.75, 3.05) is 19.6 Å². The molecule has 1 amide bonds. The van der Waals surface area contributed by atoms with E-state index >= 15 is 0 Å². The molecule has 0 bridgehead atoms. The highest BCUT2D eigenvalue weighted by molar-refractivity contribution is 5.95. The van der Waals surface area contributed by atoms with Gasteiger partial charge in [0.1, 0.15) is 0 Å². The number of hydrogen-bond donors (Lipinski definition) is 2. The zero-order chi connectivity index (χ0) is 13.0. The number of aromatic nitrogens is 2. The summed E-state index contributed by atoms with van der Waals surface area (Å²) in [5.74, 6) is 0.520. The molecule has 18 heavy (non-hydrogen) atoms. The third kappa shape index (κ3) is 3.04. The third-order valence-corrected chi connectivity index (χ3v) is 3.29. The summed E-state index contributed by atoms with van der Waals surface area (Å²) in [6, 6.07) is 1.81. The highest BCUT2D eigenvalue weighted by Gasteiger charge is 2.17. The molecule has 98 valence electrons. The largest absolute Gasteiger partial charge is 0.352 e. The molecule has 1 aliphatic rings. The van der Waals surface area contributed by atoms with Crippen molar-refractivity contribution >= 4 is 5.91 Å². The number of nitrogens with zero attached hydrogens (tertiary/aromatic N) is 2. The molecule has 0 aromatic carbocycles. The van der Waals surface area contributed by atoms with Crippen LogP contribution < -0.4 is 10.6 Å². The molecule has 5 nitrogen and oxygen atoms in total. The first-order valence-corrected chi connectivity index (χ1v) is 6.52. The monoisotopic (exact) mass is 248 g/mol. The van der Waals surface area contributed by atoms with Crippen molar-refractivity contribution in [1.29, 1.82) is 0 Å². The van der Waals surface area contributed by atoms with Gasteiger partial charge in [0.05, 0.1) is 17.0 Å². The maximum atomic E-state index is 12.1. The van der Waals surface area contributed by atoms with Crippen LogP contribution >= 0.6 is 0 Å². The van der Waals surface area contributed by atoms with Gasteiger partial charge in [0.2, 0.25) is 0 Å². The Balaban J connectivity index is 2.00. The number of aryl methyl sites for hydroxylation is 2. The van der Waals surface area contributed by atoms with Crippen molar-refractivity contribution in [3.63, 3.8) is 0 Å². The summed E-state index contributed by atoms with van der Waals surface area (Å²) in [5.41, 5.74) is 2.21. The van der Waals surface area contributed by atoms with Gasteiger partial charge < -0.3 is 10.6 Å². The predicted octanol–water partition coefficient (Wildman–Crippen LogP) is 0.687. The normalized spacial score (nSPS) is 18.9. The van der Waals surface area contributed by atoms with Crippen LogP contribution in [-0.2, 0) is 6.42 Å². The molecule has 0 spiro atoms. The summed E-state index contributed by atoms with van der Waals surface area (Å²) in [7, 11) is 0. The van der Waals surface area contributed by atoms with Gasteiger partial charge in [-0.1, -0.05) is 6.92 Å². The average molecular weight is 248 g/mol. The average Bonchev–Trinajstić information content (AvgIpc) is 2.89. The Morgan fingerprint density at radius 2 is 2.39 bits per heavy atom. The molecule has 0 saturated carbocycles. The maximum absolute atomic E-state index is 12.1. The Bertz CT molecular complexity index is 427. The van der Waals surface area contributed by atoms with E-state index in [9.17, 15) is 4.79 Å². The molecule has 2 rings (SSSR count).